The Morgan fingerprint density at radius 1 is 1.15 bits per heavy atom. The summed E-state index contributed by atoms with van der Waals surface area (Å²) in [5.74, 6) is -1.05. The molecule has 2 rings (SSSR count). The molecule has 1 unspecified atom stereocenters. The van der Waals surface area contributed by atoms with Gasteiger partial charge in [-0.25, -0.2) is 0 Å². The smallest absolute Gasteiger partial charge is 0.325 e. The first kappa shape index (κ1) is 14.4. The second-order valence-corrected chi connectivity index (χ2v) is 5.04. The third kappa shape index (κ3) is 3.10. The molecule has 2 aromatic rings. The maximum Gasteiger partial charge on any atom is 0.325 e. The number of aryl methyl sites for hydroxylation is 1. The predicted octanol–water partition coefficient (Wildman–Crippen LogP) is 2.85. The molecule has 20 heavy (non-hydrogen) atoms. The SMILES string of the molecule is Cc1ccc(C(=S)c2cccc(C(N)C(=O)O)c2)cc1. The van der Waals surface area contributed by atoms with E-state index in [-0.39, 0.29) is 0 Å². The van der Waals surface area contributed by atoms with E-state index < -0.39 is 12.0 Å². The van der Waals surface area contributed by atoms with Crippen LogP contribution in [0, 0.1) is 6.92 Å². The number of nitrogens with two attached hydrogens (primary N) is 1. The van der Waals surface area contributed by atoms with Crippen molar-refractivity contribution in [3.05, 3.63) is 70.8 Å². The van der Waals surface area contributed by atoms with Crippen LogP contribution in [0.2, 0.25) is 0 Å². The topological polar surface area (TPSA) is 63.3 Å². The average molecular weight is 285 g/mol. The third-order valence-electron chi connectivity index (χ3n) is 3.09. The summed E-state index contributed by atoms with van der Waals surface area (Å²) in [6.45, 7) is 2.01. The van der Waals surface area contributed by atoms with Crippen molar-refractivity contribution in [1.82, 2.24) is 0 Å². The molecule has 0 saturated heterocycles. The Hall–Kier alpha value is -2.04. The molecule has 3 nitrogen and oxygen atoms in total. The van der Waals surface area contributed by atoms with Gasteiger partial charge in [0.15, 0.2) is 0 Å². The lowest BCUT2D eigenvalue weighted by molar-refractivity contribution is -0.138. The molecule has 0 bridgehead atoms. The van der Waals surface area contributed by atoms with E-state index in [4.69, 9.17) is 23.1 Å². The Bertz CT molecular complexity index is 650. The van der Waals surface area contributed by atoms with Crippen molar-refractivity contribution in [3.63, 3.8) is 0 Å². The fourth-order valence-electron chi connectivity index (χ4n) is 1.89. The monoisotopic (exact) mass is 285 g/mol. The summed E-state index contributed by atoms with van der Waals surface area (Å²) in [6.07, 6.45) is 0. The van der Waals surface area contributed by atoms with Gasteiger partial charge in [0.05, 0.1) is 4.86 Å². The number of hydrogen-bond acceptors (Lipinski definition) is 3. The molecule has 0 fully saturated rings. The first-order valence-electron chi connectivity index (χ1n) is 6.19. The molecule has 0 aliphatic heterocycles. The average Bonchev–Trinajstić information content (AvgIpc) is 2.46. The highest BCUT2D eigenvalue weighted by atomic mass is 32.1. The van der Waals surface area contributed by atoms with E-state index in [0.717, 1.165) is 11.1 Å². The normalized spacial score (nSPS) is 11.9. The second-order valence-electron chi connectivity index (χ2n) is 4.64. The Kier molecular flexibility index (Phi) is 4.27. The molecular weight excluding hydrogens is 270 g/mol. The van der Waals surface area contributed by atoms with Crippen LogP contribution in [-0.2, 0) is 4.79 Å². The van der Waals surface area contributed by atoms with Crippen molar-refractivity contribution < 1.29 is 9.90 Å². The number of aliphatic carboxylic acids is 1. The van der Waals surface area contributed by atoms with Gasteiger partial charge in [0, 0.05) is 0 Å². The maximum atomic E-state index is 10.9. The van der Waals surface area contributed by atoms with Crippen molar-refractivity contribution in [1.29, 1.82) is 0 Å². The molecule has 0 radical (unpaired) electrons. The van der Waals surface area contributed by atoms with E-state index >= 15 is 0 Å². The molecule has 0 saturated carbocycles. The zero-order chi connectivity index (χ0) is 14.7. The van der Waals surface area contributed by atoms with Gasteiger partial charge in [-0.1, -0.05) is 60.2 Å². The van der Waals surface area contributed by atoms with Gasteiger partial charge in [0.1, 0.15) is 6.04 Å². The molecular formula is C16H15NO2S. The molecule has 102 valence electrons. The highest BCUT2D eigenvalue weighted by Gasteiger charge is 2.15. The lowest BCUT2D eigenvalue weighted by atomic mass is 9.99. The summed E-state index contributed by atoms with van der Waals surface area (Å²) in [6, 6.07) is 13.9. The molecule has 0 aliphatic carbocycles. The standard InChI is InChI=1S/C16H15NO2S/c1-10-5-7-11(8-6-10)15(20)13-4-2-3-12(9-13)14(17)16(18)19/h2-9,14H,17H2,1H3,(H,18,19). The second kappa shape index (κ2) is 5.94. The van der Waals surface area contributed by atoms with Gasteiger partial charge in [0.25, 0.3) is 0 Å². The third-order valence-corrected chi connectivity index (χ3v) is 3.56. The Labute approximate surface area is 123 Å². The lowest BCUT2D eigenvalue weighted by Crippen LogP contribution is -2.20. The van der Waals surface area contributed by atoms with E-state index in [9.17, 15) is 4.79 Å². The lowest BCUT2D eigenvalue weighted by Gasteiger charge is -2.10. The van der Waals surface area contributed by atoms with E-state index in [2.05, 4.69) is 0 Å². The zero-order valence-electron chi connectivity index (χ0n) is 11.0. The van der Waals surface area contributed by atoms with Crippen molar-refractivity contribution in [2.24, 2.45) is 5.73 Å². The van der Waals surface area contributed by atoms with E-state index in [1.54, 1.807) is 18.2 Å². The molecule has 0 heterocycles. The molecule has 1 atom stereocenters. The number of carbonyl (C=O) groups is 1. The van der Waals surface area contributed by atoms with Crippen molar-refractivity contribution in [2.75, 3.05) is 0 Å². The molecule has 0 amide bonds. The summed E-state index contributed by atoms with van der Waals surface area (Å²) >= 11 is 5.45. The number of benzene rings is 2. The molecule has 3 N–H and O–H groups in total. The van der Waals surface area contributed by atoms with Crippen LogP contribution in [0.1, 0.15) is 28.3 Å². The van der Waals surface area contributed by atoms with Gasteiger partial charge in [-0.05, 0) is 29.7 Å². The number of hydrogen-bond donors (Lipinski definition) is 2. The number of carboxylic acid groups (broad SMARTS) is 1. The molecule has 0 aromatic heterocycles. The highest BCUT2D eigenvalue weighted by Crippen LogP contribution is 2.17. The van der Waals surface area contributed by atoms with Gasteiger partial charge in [-0.3, -0.25) is 4.79 Å². The maximum absolute atomic E-state index is 10.9. The Morgan fingerprint density at radius 2 is 1.80 bits per heavy atom. The van der Waals surface area contributed by atoms with E-state index in [0.29, 0.717) is 10.4 Å². The first-order chi connectivity index (χ1) is 9.49. The van der Waals surface area contributed by atoms with Crippen LogP contribution in [0.3, 0.4) is 0 Å². The highest BCUT2D eigenvalue weighted by molar-refractivity contribution is 7.81. The Balaban J connectivity index is 2.33. The van der Waals surface area contributed by atoms with Crippen LogP contribution in [0.25, 0.3) is 0 Å². The Morgan fingerprint density at radius 3 is 2.40 bits per heavy atom. The van der Waals surface area contributed by atoms with Crippen molar-refractivity contribution in [3.8, 4) is 0 Å². The van der Waals surface area contributed by atoms with Crippen LogP contribution in [0.5, 0.6) is 0 Å². The fraction of sp³-hybridized carbons (Fsp3) is 0.125. The van der Waals surface area contributed by atoms with Gasteiger partial charge in [-0.15, -0.1) is 0 Å². The number of carboxylic acids is 1. The summed E-state index contributed by atoms with van der Waals surface area (Å²) in [7, 11) is 0. The predicted molar refractivity (Wildman–Crippen MR) is 83.0 cm³/mol. The summed E-state index contributed by atoms with van der Waals surface area (Å²) in [4.78, 5) is 11.6. The van der Waals surface area contributed by atoms with Crippen molar-refractivity contribution >= 4 is 23.1 Å². The van der Waals surface area contributed by atoms with Gasteiger partial charge in [-0.2, -0.15) is 0 Å². The summed E-state index contributed by atoms with van der Waals surface area (Å²) in [5.41, 5.74) is 9.07. The minimum atomic E-state index is -1.05. The first-order valence-corrected chi connectivity index (χ1v) is 6.59. The minimum absolute atomic E-state index is 0.546. The van der Waals surface area contributed by atoms with Gasteiger partial charge in [0.2, 0.25) is 0 Å². The van der Waals surface area contributed by atoms with Crippen LogP contribution < -0.4 is 5.73 Å². The molecule has 2 aromatic carbocycles. The largest absolute Gasteiger partial charge is 0.480 e. The van der Waals surface area contributed by atoms with Gasteiger partial charge >= 0.3 is 5.97 Å². The summed E-state index contributed by atoms with van der Waals surface area (Å²) < 4.78 is 0. The van der Waals surface area contributed by atoms with Gasteiger partial charge < -0.3 is 10.8 Å². The quantitative estimate of drug-likeness (QED) is 0.670. The fourth-order valence-corrected chi connectivity index (χ4v) is 2.15. The van der Waals surface area contributed by atoms with E-state index in [1.165, 1.54) is 5.56 Å². The zero-order valence-corrected chi connectivity index (χ0v) is 11.9. The van der Waals surface area contributed by atoms with Crippen molar-refractivity contribution in [2.45, 2.75) is 13.0 Å². The number of rotatable bonds is 4. The van der Waals surface area contributed by atoms with E-state index in [1.807, 2.05) is 37.3 Å². The van der Waals surface area contributed by atoms with Crippen LogP contribution in [0.4, 0.5) is 0 Å². The van der Waals surface area contributed by atoms with Crippen LogP contribution in [0.15, 0.2) is 48.5 Å². The summed E-state index contributed by atoms with van der Waals surface area (Å²) in [5, 5.41) is 8.95. The molecule has 0 aliphatic rings. The van der Waals surface area contributed by atoms with Crippen LogP contribution >= 0.6 is 12.2 Å². The van der Waals surface area contributed by atoms with Crippen LogP contribution in [-0.4, -0.2) is 15.9 Å². The molecule has 4 heteroatoms. The minimum Gasteiger partial charge on any atom is -0.480 e. The molecule has 0 spiro atoms. The number of thiocarbonyl (C=S) groups is 1.